The summed E-state index contributed by atoms with van der Waals surface area (Å²) in [6.45, 7) is 2.12. The van der Waals surface area contributed by atoms with Crippen molar-refractivity contribution < 1.29 is 4.42 Å². The molecule has 17 heavy (non-hydrogen) atoms. The lowest BCUT2D eigenvalue weighted by Crippen LogP contribution is -2.17. The van der Waals surface area contributed by atoms with Crippen LogP contribution >= 0.6 is 0 Å². The van der Waals surface area contributed by atoms with E-state index in [4.69, 9.17) is 10.8 Å². The number of hydrogen-bond acceptors (Lipinski definition) is 2. The molecule has 1 N–H and O–H groups in total. The summed E-state index contributed by atoms with van der Waals surface area (Å²) in [5, 5.41) is 3.40. The van der Waals surface area contributed by atoms with Gasteiger partial charge in [0.05, 0.1) is 6.26 Å². The summed E-state index contributed by atoms with van der Waals surface area (Å²) in [7, 11) is 0. The number of anilines is 1. The van der Waals surface area contributed by atoms with E-state index in [1.54, 1.807) is 6.26 Å². The lowest BCUT2D eigenvalue weighted by molar-refractivity contribution is 0.498. The first-order chi connectivity index (χ1) is 8.28. The highest BCUT2D eigenvalue weighted by molar-refractivity contribution is 5.50. The second kappa shape index (κ2) is 5.27. The molecule has 0 spiro atoms. The van der Waals surface area contributed by atoms with Crippen LogP contribution in [0.15, 0.2) is 47.1 Å². The molecule has 0 saturated heterocycles. The molecule has 2 rings (SSSR count). The standard InChI is InChI=1S/C15H15NO/c1-3-13-6-4-7-14(11-13)16-12(2)10-15-8-5-9-17-15/h1,4-9,11-12,16H,10H2,2H3. The minimum absolute atomic E-state index is 0.300. The first kappa shape index (κ1) is 11.3. The van der Waals surface area contributed by atoms with Crippen molar-refractivity contribution in [3.63, 3.8) is 0 Å². The lowest BCUT2D eigenvalue weighted by atomic mass is 10.1. The predicted molar refractivity (Wildman–Crippen MR) is 69.9 cm³/mol. The fourth-order valence-electron chi connectivity index (χ4n) is 1.76. The molecule has 0 saturated carbocycles. The van der Waals surface area contributed by atoms with Crippen LogP contribution in [-0.2, 0) is 6.42 Å². The van der Waals surface area contributed by atoms with Crippen LogP contribution in [0.3, 0.4) is 0 Å². The van der Waals surface area contributed by atoms with Gasteiger partial charge in [-0.15, -0.1) is 6.42 Å². The number of nitrogens with one attached hydrogen (secondary N) is 1. The van der Waals surface area contributed by atoms with Gasteiger partial charge in [0.25, 0.3) is 0 Å². The summed E-state index contributed by atoms with van der Waals surface area (Å²) in [5.41, 5.74) is 1.93. The van der Waals surface area contributed by atoms with Crippen LogP contribution in [-0.4, -0.2) is 6.04 Å². The van der Waals surface area contributed by atoms with E-state index in [9.17, 15) is 0 Å². The summed E-state index contributed by atoms with van der Waals surface area (Å²) in [5.74, 6) is 3.61. The van der Waals surface area contributed by atoms with Crippen molar-refractivity contribution >= 4 is 5.69 Å². The molecule has 0 bridgehead atoms. The maximum absolute atomic E-state index is 5.37. The molecule has 0 aliphatic rings. The average Bonchev–Trinajstić information content (AvgIpc) is 2.82. The number of hydrogen-bond donors (Lipinski definition) is 1. The average molecular weight is 225 g/mol. The van der Waals surface area contributed by atoms with Crippen LogP contribution in [0.2, 0.25) is 0 Å². The quantitative estimate of drug-likeness (QED) is 0.808. The molecule has 1 unspecified atom stereocenters. The second-order valence-electron chi connectivity index (χ2n) is 4.05. The molecular weight excluding hydrogens is 210 g/mol. The van der Waals surface area contributed by atoms with Gasteiger partial charge in [0, 0.05) is 23.7 Å². The minimum atomic E-state index is 0.300. The Morgan fingerprint density at radius 1 is 1.35 bits per heavy atom. The van der Waals surface area contributed by atoms with E-state index >= 15 is 0 Å². The number of benzene rings is 1. The van der Waals surface area contributed by atoms with E-state index in [0.717, 1.165) is 23.4 Å². The molecule has 2 heteroatoms. The number of terminal acetylenes is 1. The molecular formula is C15H15NO. The van der Waals surface area contributed by atoms with E-state index in [0.29, 0.717) is 6.04 Å². The smallest absolute Gasteiger partial charge is 0.105 e. The molecule has 0 aliphatic carbocycles. The van der Waals surface area contributed by atoms with Crippen molar-refractivity contribution in [3.05, 3.63) is 54.0 Å². The molecule has 1 atom stereocenters. The SMILES string of the molecule is C#Cc1cccc(NC(C)Cc2ccco2)c1. The van der Waals surface area contributed by atoms with Gasteiger partial charge in [-0.3, -0.25) is 0 Å². The van der Waals surface area contributed by atoms with E-state index in [1.165, 1.54) is 0 Å². The van der Waals surface area contributed by atoms with Gasteiger partial charge in [-0.1, -0.05) is 12.0 Å². The van der Waals surface area contributed by atoms with Gasteiger partial charge in [-0.25, -0.2) is 0 Å². The highest BCUT2D eigenvalue weighted by atomic mass is 16.3. The molecule has 2 aromatic rings. The molecule has 0 aliphatic heterocycles. The third-order valence-electron chi connectivity index (χ3n) is 2.53. The Hall–Kier alpha value is -2.14. The van der Waals surface area contributed by atoms with Gasteiger partial charge in [0.15, 0.2) is 0 Å². The van der Waals surface area contributed by atoms with E-state index < -0.39 is 0 Å². The molecule has 1 aromatic heterocycles. The Balaban J connectivity index is 1.98. The zero-order valence-electron chi connectivity index (χ0n) is 9.81. The summed E-state index contributed by atoms with van der Waals surface area (Å²) in [6, 6.07) is 12.0. The zero-order chi connectivity index (χ0) is 12.1. The van der Waals surface area contributed by atoms with Crippen LogP contribution in [0.25, 0.3) is 0 Å². The van der Waals surface area contributed by atoms with Gasteiger partial charge < -0.3 is 9.73 Å². The Kier molecular flexibility index (Phi) is 3.52. The summed E-state index contributed by atoms with van der Waals surface area (Å²) in [4.78, 5) is 0. The molecule has 1 heterocycles. The number of furan rings is 1. The molecule has 2 nitrogen and oxygen atoms in total. The number of rotatable bonds is 4. The van der Waals surface area contributed by atoms with Crippen LogP contribution in [0.5, 0.6) is 0 Å². The van der Waals surface area contributed by atoms with Crippen molar-refractivity contribution in [3.8, 4) is 12.3 Å². The van der Waals surface area contributed by atoms with Crippen LogP contribution in [0.1, 0.15) is 18.2 Å². The predicted octanol–water partition coefficient (Wildman–Crippen LogP) is 3.30. The Morgan fingerprint density at radius 2 is 2.24 bits per heavy atom. The highest BCUT2D eigenvalue weighted by Crippen LogP contribution is 2.13. The van der Waals surface area contributed by atoms with Gasteiger partial charge in [0.2, 0.25) is 0 Å². The Labute approximate surface area is 102 Å². The van der Waals surface area contributed by atoms with Gasteiger partial charge in [-0.05, 0) is 37.3 Å². The molecule has 1 aromatic carbocycles. The van der Waals surface area contributed by atoms with Gasteiger partial charge >= 0.3 is 0 Å². The maximum atomic E-state index is 5.37. The summed E-state index contributed by atoms with van der Waals surface area (Å²) in [6.07, 6.45) is 7.92. The maximum Gasteiger partial charge on any atom is 0.105 e. The molecule has 0 fully saturated rings. The Morgan fingerprint density at radius 3 is 2.94 bits per heavy atom. The van der Waals surface area contributed by atoms with Crippen molar-refractivity contribution in [2.75, 3.05) is 5.32 Å². The topological polar surface area (TPSA) is 25.2 Å². The van der Waals surface area contributed by atoms with Crippen molar-refractivity contribution in [2.45, 2.75) is 19.4 Å². The third-order valence-corrected chi connectivity index (χ3v) is 2.53. The highest BCUT2D eigenvalue weighted by Gasteiger charge is 2.05. The van der Waals surface area contributed by atoms with Crippen molar-refractivity contribution in [1.82, 2.24) is 0 Å². The fraction of sp³-hybridized carbons (Fsp3) is 0.200. The van der Waals surface area contributed by atoms with Crippen molar-refractivity contribution in [2.24, 2.45) is 0 Å². The van der Waals surface area contributed by atoms with E-state index in [1.807, 2.05) is 36.4 Å². The molecule has 0 radical (unpaired) electrons. The molecule has 0 amide bonds. The van der Waals surface area contributed by atoms with Gasteiger partial charge in [0.1, 0.15) is 5.76 Å². The minimum Gasteiger partial charge on any atom is -0.469 e. The normalized spacial score (nSPS) is 11.8. The first-order valence-corrected chi connectivity index (χ1v) is 5.63. The fourth-order valence-corrected chi connectivity index (χ4v) is 1.76. The second-order valence-corrected chi connectivity index (χ2v) is 4.05. The third kappa shape index (κ3) is 3.15. The van der Waals surface area contributed by atoms with Crippen molar-refractivity contribution in [1.29, 1.82) is 0 Å². The largest absolute Gasteiger partial charge is 0.469 e. The van der Waals surface area contributed by atoms with Gasteiger partial charge in [-0.2, -0.15) is 0 Å². The van der Waals surface area contributed by atoms with Crippen LogP contribution in [0, 0.1) is 12.3 Å². The zero-order valence-corrected chi connectivity index (χ0v) is 9.81. The van der Waals surface area contributed by atoms with E-state index in [-0.39, 0.29) is 0 Å². The Bertz CT molecular complexity index is 508. The summed E-state index contributed by atoms with van der Waals surface area (Å²) >= 11 is 0. The van der Waals surface area contributed by atoms with Crippen LogP contribution < -0.4 is 5.32 Å². The first-order valence-electron chi connectivity index (χ1n) is 5.63. The van der Waals surface area contributed by atoms with Crippen LogP contribution in [0.4, 0.5) is 5.69 Å². The lowest BCUT2D eigenvalue weighted by Gasteiger charge is -2.14. The molecule has 86 valence electrons. The van der Waals surface area contributed by atoms with E-state index in [2.05, 4.69) is 18.2 Å². The monoisotopic (exact) mass is 225 g/mol. The summed E-state index contributed by atoms with van der Waals surface area (Å²) < 4.78 is 5.31.